The minimum absolute atomic E-state index is 0.175. The van der Waals surface area contributed by atoms with Crippen molar-refractivity contribution >= 4 is 23.3 Å². The molecule has 2 aliphatic heterocycles. The normalized spacial score (nSPS) is 22.6. The van der Waals surface area contributed by atoms with E-state index in [4.69, 9.17) is 11.6 Å². The molecule has 0 bridgehead atoms. The van der Waals surface area contributed by atoms with Crippen molar-refractivity contribution in [2.24, 2.45) is 0 Å². The first kappa shape index (κ1) is 23.5. The van der Waals surface area contributed by atoms with Gasteiger partial charge in [-0.2, -0.15) is 0 Å². The van der Waals surface area contributed by atoms with Crippen LogP contribution in [0.5, 0.6) is 0 Å². The van der Waals surface area contributed by atoms with Crippen LogP contribution in [-0.2, 0) is 11.2 Å². The highest BCUT2D eigenvalue weighted by molar-refractivity contribution is 6.30. The molecule has 2 atom stereocenters. The molecule has 34 heavy (non-hydrogen) atoms. The monoisotopic (exact) mass is 483 g/mol. The number of likely N-dealkylation sites (tertiary alicyclic amines) is 1. The molecule has 0 radical (unpaired) electrons. The summed E-state index contributed by atoms with van der Waals surface area (Å²) in [5.74, 6) is 1.49. The second kappa shape index (κ2) is 10.2. The Bertz CT molecular complexity index is 1000. The summed E-state index contributed by atoms with van der Waals surface area (Å²) in [4.78, 5) is 29.6. The minimum Gasteiger partial charge on any atom is -0.393 e. The number of carbonyl (C=O) groups is 1. The Balaban J connectivity index is 1.29. The molecule has 3 heterocycles. The summed E-state index contributed by atoms with van der Waals surface area (Å²) in [5, 5.41) is 10.6. The number of halogens is 1. The van der Waals surface area contributed by atoms with Gasteiger partial charge in [-0.1, -0.05) is 30.7 Å². The maximum Gasteiger partial charge on any atom is 0.231 e. The molecular formula is C26H34ClN5O2. The second-order valence-corrected chi connectivity index (χ2v) is 10.4. The van der Waals surface area contributed by atoms with E-state index in [1.165, 1.54) is 11.3 Å². The number of carbonyl (C=O) groups excluding carboxylic acids is 1. The molecule has 0 saturated carbocycles. The Morgan fingerprint density at radius 2 is 1.76 bits per heavy atom. The molecule has 5 rings (SSSR count). The molecule has 1 aromatic heterocycles. The first-order chi connectivity index (χ1) is 16.5. The van der Waals surface area contributed by atoms with Gasteiger partial charge in [0.15, 0.2) is 0 Å². The molecule has 1 aromatic carbocycles. The van der Waals surface area contributed by atoms with Crippen LogP contribution in [0.4, 0.5) is 5.82 Å². The molecule has 182 valence electrons. The highest BCUT2D eigenvalue weighted by Crippen LogP contribution is 2.37. The van der Waals surface area contributed by atoms with Crippen molar-refractivity contribution in [1.29, 1.82) is 0 Å². The van der Waals surface area contributed by atoms with Crippen LogP contribution in [0, 0.1) is 0 Å². The van der Waals surface area contributed by atoms with Crippen LogP contribution in [0.3, 0.4) is 0 Å². The maximum atomic E-state index is 13.8. The number of benzene rings is 1. The standard InChI is InChI=1S/C26H34ClN5O2/c1-18-2-7-23-24(18)25(29-17-28-23)31-12-14-32(15-13-31)26(34)22(19-3-5-20(27)6-4-19)16-30-10-8-21(33)9-11-30/h3-6,17-18,21-22,33H,2,7-16H2,1H3. The molecule has 0 spiro atoms. The van der Waals surface area contributed by atoms with Gasteiger partial charge >= 0.3 is 0 Å². The number of hydrogen-bond donors (Lipinski definition) is 1. The van der Waals surface area contributed by atoms with Crippen molar-refractivity contribution in [3.8, 4) is 0 Å². The van der Waals surface area contributed by atoms with Crippen molar-refractivity contribution in [1.82, 2.24) is 19.8 Å². The van der Waals surface area contributed by atoms with Gasteiger partial charge in [0.05, 0.1) is 12.0 Å². The molecule has 1 aliphatic carbocycles. The number of aliphatic hydroxyl groups is 1. The third-order valence-corrected chi connectivity index (χ3v) is 7.96. The zero-order valence-electron chi connectivity index (χ0n) is 19.9. The lowest BCUT2D eigenvalue weighted by Crippen LogP contribution is -2.52. The number of rotatable bonds is 5. The van der Waals surface area contributed by atoms with E-state index >= 15 is 0 Å². The second-order valence-electron chi connectivity index (χ2n) is 9.95. The van der Waals surface area contributed by atoms with Crippen LogP contribution in [0.1, 0.15) is 54.8 Å². The Morgan fingerprint density at radius 3 is 2.47 bits per heavy atom. The van der Waals surface area contributed by atoms with E-state index < -0.39 is 0 Å². The average molecular weight is 484 g/mol. The predicted molar refractivity (Wildman–Crippen MR) is 133 cm³/mol. The van der Waals surface area contributed by atoms with E-state index in [-0.39, 0.29) is 17.9 Å². The molecular weight excluding hydrogens is 450 g/mol. The Kier molecular flexibility index (Phi) is 7.04. The van der Waals surface area contributed by atoms with E-state index in [9.17, 15) is 9.90 Å². The molecule has 2 fully saturated rings. The van der Waals surface area contributed by atoms with Gasteiger partial charge in [0, 0.05) is 62.1 Å². The van der Waals surface area contributed by atoms with Crippen molar-refractivity contribution in [3.63, 3.8) is 0 Å². The van der Waals surface area contributed by atoms with Crippen LogP contribution in [0.15, 0.2) is 30.6 Å². The summed E-state index contributed by atoms with van der Waals surface area (Å²) in [7, 11) is 0. The van der Waals surface area contributed by atoms with E-state index in [0.29, 0.717) is 30.6 Å². The number of aliphatic hydroxyl groups excluding tert-OH is 1. The number of aromatic nitrogens is 2. The Labute approximate surface area is 206 Å². The highest BCUT2D eigenvalue weighted by Gasteiger charge is 2.33. The van der Waals surface area contributed by atoms with Crippen LogP contribution in [0.2, 0.25) is 5.02 Å². The smallest absolute Gasteiger partial charge is 0.231 e. The molecule has 2 unspecified atom stereocenters. The quantitative estimate of drug-likeness (QED) is 0.704. The largest absolute Gasteiger partial charge is 0.393 e. The molecule has 7 nitrogen and oxygen atoms in total. The van der Waals surface area contributed by atoms with Gasteiger partial charge in [-0.05, 0) is 49.3 Å². The van der Waals surface area contributed by atoms with Gasteiger partial charge in [-0.15, -0.1) is 0 Å². The van der Waals surface area contributed by atoms with Gasteiger partial charge in [-0.3, -0.25) is 4.79 Å². The third-order valence-electron chi connectivity index (χ3n) is 7.71. The van der Waals surface area contributed by atoms with Gasteiger partial charge in [-0.25, -0.2) is 9.97 Å². The zero-order valence-corrected chi connectivity index (χ0v) is 20.6. The van der Waals surface area contributed by atoms with Crippen molar-refractivity contribution in [2.45, 2.75) is 50.5 Å². The number of amides is 1. The topological polar surface area (TPSA) is 72.8 Å². The molecule has 1 amide bonds. The molecule has 1 N–H and O–H groups in total. The van der Waals surface area contributed by atoms with Crippen molar-refractivity contribution in [3.05, 3.63) is 52.4 Å². The third kappa shape index (κ3) is 4.92. The highest BCUT2D eigenvalue weighted by atomic mass is 35.5. The Hall–Kier alpha value is -2.22. The number of hydrogen-bond acceptors (Lipinski definition) is 6. The van der Waals surface area contributed by atoms with Crippen molar-refractivity contribution in [2.75, 3.05) is 50.7 Å². The fourth-order valence-electron chi connectivity index (χ4n) is 5.62. The maximum absolute atomic E-state index is 13.8. The summed E-state index contributed by atoms with van der Waals surface area (Å²) in [5.41, 5.74) is 3.49. The summed E-state index contributed by atoms with van der Waals surface area (Å²) in [6.07, 6.45) is 5.16. The number of piperazine rings is 1. The zero-order chi connectivity index (χ0) is 23.7. The first-order valence-corrected chi connectivity index (χ1v) is 12.9. The van der Waals surface area contributed by atoms with Crippen LogP contribution < -0.4 is 4.90 Å². The number of aryl methyl sites for hydroxylation is 1. The van der Waals surface area contributed by atoms with Crippen LogP contribution >= 0.6 is 11.6 Å². The van der Waals surface area contributed by atoms with Gasteiger partial charge in [0.2, 0.25) is 5.91 Å². The fourth-order valence-corrected chi connectivity index (χ4v) is 5.74. The van der Waals surface area contributed by atoms with E-state index in [2.05, 4.69) is 26.7 Å². The number of nitrogens with zero attached hydrogens (tertiary/aromatic N) is 5. The predicted octanol–water partition coefficient (Wildman–Crippen LogP) is 3.07. The van der Waals surface area contributed by atoms with E-state index in [0.717, 1.165) is 63.2 Å². The lowest BCUT2D eigenvalue weighted by molar-refractivity contribution is -0.133. The van der Waals surface area contributed by atoms with Gasteiger partial charge in [0.25, 0.3) is 0 Å². The number of fused-ring (bicyclic) bond motifs is 1. The molecule has 2 aromatic rings. The van der Waals surface area contributed by atoms with Crippen LogP contribution in [0.25, 0.3) is 0 Å². The van der Waals surface area contributed by atoms with E-state index in [1.807, 2.05) is 29.2 Å². The molecule has 2 saturated heterocycles. The van der Waals surface area contributed by atoms with Gasteiger partial charge in [0.1, 0.15) is 12.1 Å². The minimum atomic E-state index is -0.234. The lowest BCUT2D eigenvalue weighted by atomic mass is 9.95. The first-order valence-electron chi connectivity index (χ1n) is 12.5. The summed E-state index contributed by atoms with van der Waals surface area (Å²) < 4.78 is 0. The summed E-state index contributed by atoms with van der Waals surface area (Å²) in [6.45, 7) is 7.52. The summed E-state index contributed by atoms with van der Waals surface area (Å²) in [6, 6.07) is 7.69. The number of anilines is 1. The SMILES string of the molecule is CC1CCc2ncnc(N3CCN(C(=O)C(CN4CCC(O)CC4)c4ccc(Cl)cc4)CC3)c21. The average Bonchev–Trinajstić information content (AvgIpc) is 3.25. The van der Waals surface area contributed by atoms with Crippen molar-refractivity contribution < 1.29 is 9.90 Å². The summed E-state index contributed by atoms with van der Waals surface area (Å²) >= 11 is 6.13. The van der Waals surface area contributed by atoms with Crippen LogP contribution in [-0.4, -0.2) is 82.7 Å². The molecule has 3 aliphatic rings. The fraction of sp³-hybridized carbons (Fsp3) is 0.577. The lowest BCUT2D eigenvalue weighted by Gasteiger charge is -2.39. The van der Waals surface area contributed by atoms with Gasteiger partial charge < -0.3 is 19.8 Å². The molecule has 8 heteroatoms. The number of piperidine rings is 1. The van der Waals surface area contributed by atoms with E-state index in [1.54, 1.807) is 6.33 Å². The Morgan fingerprint density at radius 1 is 1.06 bits per heavy atom.